The maximum atomic E-state index is 6.24. The molecule has 1 aromatic heterocycles. The Balaban J connectivity index is 2.04. The fourth-order valence-electron chi connectivity index (χ4n) is 2.21. The van der Waals surface area contributed by atoms with Crippen LogP contribution in [0.1, 0.15) is 11.1 Å². The van der Waals surface area contributed by atoms with Crippen molar-refractivity contribution >= 4 is 5.82 Å². The molecule has 3 nitrogen and oxygen atoms in total. The van der Waals surface area contributed by atoms with Crippen LogP contribution in [0.4, 0.5) is 5.82 Å². The number of benzene rings is 2. The van der Waals surface area contributed by atoms with E-state index >= 15 is 0 Å². The number of aromatic nitrogens is 2. The third-order valence-electron chi connectivity index (χ3n) is 3.45. The van der Waals surface area contributed by atoms with Gasteiger partial charge in [-0.25, -0.2) is 4.68 Å². The summed E-state index contributed by atoms with van der Waals surface area (Å²) in [5.74, 6) is 0.665. The van der Waals surface area contributed by atoms with Crippen LogP contribution in [0.5, 0.6) is 0 Å². The van der Waals surface area contributed by atoms with Gasteiger partial charge in [-0.3, -0.25) is 0 Å². The summed E-state index contributed by atoms with van der Waals surface area (Å²) in [6.07, 6.45) is 1.82. The van der Waals surface area contributed by atoms with Crippen molar-refractivity contribution in [3.63, 3.8) is 0 Å². The summed E-state index contributed by atoms with van der Waals surface area (Å²) in [6, 6.07) is 16.5. The third-order valence-corrected chi connectivity index (χ3v) is 3.45. The van der Waals surface area contributed by atoms with E-state index in [-0.39, 0.29) is 0 Å². The highest BCUT2D eigenvalue weighted by Gasteiger charge is 2.10. The van der Waals surface area contributed by atoms with Crippen molar-refractivity contribution in [2.24, 2.45) is 0 Å². The number of anilines is 1. The standard InChI is InChI=1S/C17H17N3/c1-12-3-7-14(8-4-12)16-11-19-20(17(16)18)15-9-5-13(2)6-10-15/h3-11H,18H2,1-2H3. The van der Waals surface area contributed by atoms with Gasteiger partial charge in [-0.05, 0) is 31.5 Å². The third kappa shape index (κ3) is 2.18. The summed E-state index contributed by atoms with van der Waals surface area (Å²) >= 11 is 0. The van der Waals surface area contributed by atoms with Gasteiger partial charge in [0.2, 0.25) is 0 Å². The molecular weight excluding hydrogens is 246 g/mol. The zero-order chi connectivity index (χ0) is 14.1. The van der Waals surface area contributed by atoms with Crippen LogP contribution in [-0.2, 0) is 0 Å². The Labute approximate surface area is 118 Å². The monoisotopic (exact) mass is 263 g/mol. The van der Waals surface area contributed by atoms with Crippen molar-refractivity contribution in [2.75, 3.05) is 5.73 Å². The van der Waals surface area contributed by atoms with Crippen LogP contribution in [0.3, 0.4) is 0 Å². The molecule has 0 saturated heterocycles. The molecule has 3 heteroatoms. The second-order valence-corrected chi connectivity index (χ2v) is 5.06. The van der Waals surface area contributed by atoms with Crippen molar-refractivity contribution < 1.29 is 0 Å². The van der Waals surface area contributed by atoms with E-state index in [2.05, 4.69) is 55.3 Å². The fourth-order valence-corrected chi connectivity index (χ4v) is 2.21. The molecular formula is C17H17N3. The maximum absolute atomic E-state index is 6.24. The average Bonchev–Trinajstić information content (AvgIpc) is 2.83. The van der Waals surface area contributed by atoms with Crippen LogP contribution in [-0.4, -0.2) is 9.78 Å². The van der Waals surface area contributed by atoms with E-state index in [1.807, 2.05) is 18.3 Å². The number of nitrogen functional groups attached to an aromatic ring is 1. The summed E-state index contributed by atoms with van der Waals surface area (Å²) < 4.78 is 1.77. The quantitative estimate of drug-likeness (QED) is 0.765. The van der Waals surface area contributed by atoms with Gasteiger partial charge in [0.15, 0.2) is 0 Å². The lowest BCUT2D eigenvalue weighted by Gasteiger charge is -2.06. The highest BCUT2D eigenvalue weighted by Crippen LogP contribution is 2.27. The first-order valence-electron chi connectivity index (χ1n) is 6.63. The molecule has 2 aromatic carbocycles. The smallest absolute Gasteiger partial charge is 0.135 e. The van der Waals surface area contributed by atoms with E-state index in [0.29, 0.717) is 5.82 Å². The normalized spacial score (nSPS) is 10.7. The van der Waals surface area contributed by atoms with E-state index in [0.717, 1.165) is 16.8 Å². The lowest BCUT2D eigenvalue weighted by Crippen LogP contribution is -2.02. The van der Waals surface area contributed by atoms with Crippen molar-refractivity contribution in [2.45, 2.75) is 13.8 Å². The lowest BCUT2D eigenvalue weighted by molar-refractivity contribution is 0.891. The molecule has 0 aliphatic carbocycles. The lowest BCUT2D eigenvalue weighted by atomic mass is 10.1. The Morgan fingerprint density at radius 1 is 0.850 bits per heavy atom. The highest BCUT2D eigenvalue weighted by atomic mass is 15.3. The molecule has 0 fully saturated rings. The number of nitrogens with two attached hydrogens (primary N) is 1. The molecule has 1 heterocycles. The molecule has 0 unspecified atom stereocenters. The van der Waals surface area contributed by atoms with E-state index in [1.54, 1.807) is 4.68 Å². The first kappa shape index (κ1) is 12.5. The minimum Gasteiger partial charge on any atom is -0.383 e. The minimum atomic E-state index is 0.665. The van der Waals surface area contributed by atoms with Crippen LogP contribution < -0.4 is 5.73 Å². The molecule has 2 N–H and O–H groups in total. The minimum absolute atomic E-state index is 0.665. The molecule has 0 bridgehead atoms. The summed E-state index contributed by atoms with van der Waals surface area (Å²) in [7, 11) is 0. The van der Waals surface area contributed by atoms with Gasteiger partial charge >= 0.3 is 0 Å². The van der Waals surface area contributed by atoms with Crippen LogP contribution in [0.2, 0.25) is 0 Å². The van der Waals surface area contributed by atoms with Gasteiger partial charge in [0.25, 0.3) is 0 Å². The zero-order valence-electron chi connectivity index (χ0n) is 11.7. The van der Waals surface area contributed by atoms with Gasteiger partial charge < -0.3 is 5.73 Å². The van der Waals surface area contributed by atoms with Gasteiger partial charge in [0, 0.05) is 5.56 Å². The Morgan fingerprint density at radius 2 is 1.40 bits per heavy atom. The van der Waals surface area contributed by atoms with E-state index in [4.69, 9.17) is 5.73 Å². The number of aryl methyl sites for hydroxylation is 2. The first-order chi connectivity index (χ1) is 9.65. The van der Waals surface area contributed by atoms with Crippen molar-refractivity contribution in [3.8, 4) is 16.8 Å². The first-order valence-corrected chi connectivity index (χ1v) is 6.63. The van der Waals surface area contributed by atoms with Gasteiger partial charge in [0.1, 0.15) is 5.82 Å². The largest absolute Gasteiger partial charge is 0.383 e. The Bertz CT molecular complexity index is 659. The Hall–Kier alpha value is -2.55. The second kappa shape index (κ2) is 4.85. The molecule has 0 aliphatic rings. The zero-order valence-corrected chi connectivity index (χ0v) is 11.7. The van der Waals surface area contributed by atoms with Gasteiger partial charge in [-0.1, -0.05) is 47.5 Å². The molecule has 3 aromatic rings. The summed E-state index contributed by atoms with van der Waals surface area (Å²) in [5, 5.41) is 4.41. The van der Waals surface area contributed by atoms with Crippen molar-refractivity contribution in [3.05, 3.63) is 65.9 Å². The molecule has 20 heavy (non-hydrogen) atoms. The summed E-state index contributed by atoms with van der Waals surface area (Å²) in [4.78, 5) is 0. The van der Waals surface area contributed by atoms with Gasteiger partial charge in [0.05, 0.1) is 11.9 Å². The van der Waals surface area contributed by atoms with Crippen LogP contribution >= 0.6 is 0 Å². The Kier molecular flexibility index (Phi) is 3.03. The summed E-state index contributed by atoms with van der Waals surface area (Å²) in [5.41, 5.74) is 11.7. The molecule has 3 rings (SSSR count). The SMILES string of the molecule is Cc1ccc(-c2cnn(-c3ccc(C)cc3)c2N)cc1. The number of nitrogens with zero attached hydrogens (tertiary/aromatic N) is 2. The molecule has 0 atom stereocenters. The molecule has 0 saturated carbocycles. The molecule has 100 valence electrons. The molecule has 0 aliphatic heterocycles. The summed E-state index contributed by atoms with van der Waals surface area (Å²) in [6.45, 7) is 4.14. The highest BCUT2D eigenvalue weighted by molar-refractivity contribution is 5.74. The van der Waals surface area contributed by atoms with Crippen LogP contribution in [0, 0.1) is 13.8 Å². The van der Waals surface area contributed by atoms with Crippen LogP contribution in [0.15, 0.2) is 54.7 Å². The molecule has 0 radical (unpaired) electrons. The van der Waals surface area contributed by atoms with E-state index < -0.39 is 0 Å². The predicted octanol–water partition coefficient (Wildman–Crippen LogP) is 3.74. The topological polar surface area (TPSA) is 43.8 Å². The molecule has 0 spiro atoms. The number of rotatable bonds is 2. The van der Waals surface area contributed by atoms with E-state index in [1.165, 1.54) is 11.1 Å². The Morgan fingerprint density at radius 3 is 2.00 bits per heavy atom. The van der Waals surface area contributed by atoms with Gasteiger partial charge in [-0.2, -0.15) is 5.10 Å². The van der Waals surface area contributed by atoms with Gasteiger partial charge in [-0.15, -0.1) is 0 Å². The van der Waals surface area contributed by atoms with Crippen molar-refractivity contribution in [1.29, 1.82) is 0 Å². The number of hydrogen-bond acceptors (Lipinski definition) is 2. The average molecular weight is 263 g/mol. The number of hydrogen-bond donors (Lipinski definition) is 1. The fraction of sp³-hybridized carbons (Fsp3) is 0.118. The predicted molar refractivity (Wildman–Crippen MR) is 82.9 cm³/mol. The van der Waals surface area contributed by atoms with E-state index in [9.17, 15) is 0 Å². The molecule has 0 amide bonds. The van der Waals surface area contributed by atoms with Crippen LogP contribution in [0.25, 0.3) is 16.8 Å². The second-order valence-electron chi connectivity index (χ2n) is 5.06. The van der Waals surface area contributed by atoms with Crippen molar-refractivity contribution in [1.82, 2.24) is 9.78 Å². The maximum Gasteiger partial charge on any atom is 0.135 e.